The molecule has 1 aromatic carbocycles. The summed E-state index contributed by atoms with van der Waals surface area (Å²) in [6.45, 7) is 9.59. The first-order valence-electron chi connectivity index (χ1n) is 10.3. The average molecular weight is 361 g/mol. The van der Waals surface area contributed by atoms with Crippen LogP contribution in [0, 0.1) is 0 Å². The molecule has 1 rings (SSSR count). The number of unbranched alkanes of at least 4 members (excludes halogenated alkanes) is 8. The summed E-state index contributed by atoms with van der Waals surface area (Å²) in [5.74, 6) is 1.34. The van der Waals surface area contributed by atoms with Gasteiger partial charge in [-0.05, 0) is 25.0 Å². The highest BCUT2D eigenvalue weighted by atomic mass is 16.5. The third kappa shape index (κ3) is 8.55. The summed E-state index contributed by atoms with van der Waals surface area (Å²) in [4.78, 5) is 11.4. The molecule has 3 heteroatoms. The van der Waals surface area contributed by atoms with E-state index in [1.807, 2.05) is 6.07 Å². The monoisotopic (exact) mass is 360 g/mol. The summed E-state index contributed by atoms with van der Waals surface area (Å²) in [5.41, 5.74) is 1.43. The van der Waals surface area contributed by atoms with Gasteiger partial charge in [0.05, 0.1) is 18.8 Å². The lowest BCUT2D eigenvalue weighted by Crippen LogP contribution is -2.03. The minimum absolute atomic E-state index is 0.546. The van der Waals surface area contributed by atoms with E-state index in [0.717, 1.165) is 31.1 Å². The molecule has 0 bridgehead atoms. The van der Waals surface area contributed by atoms with Crippen LogP contribution < -0.4 is 9.47 Å². The molecule has 0 radical (unpaired) electrons. The fourth-order valence-corrected chi connectivity index (χ4v) is 2.87. The highest BCUT2D eigenvalue weighted by Crippen LogP contribution is 2.29. The Kier molecular flexibility index (Phi) is 12.3. The predicted molar refractivity (Wildman–Crippen MR) is 110 cm³/mol. The number of hydrogen-bond donors (Lipinski definition) is 0. The summed E-state index contributed by atoms with van der Waals surface area (Å²) in [6, 6.07) is 3.65. The molecule has 0 aliphatic heterocycles. The summed E-state index contributed by atoms with van der Waals surface area (Å²) in [5, 5.41) is 0. The van der Waals surface area contributed by atoms with Crippen molar-refractivity contribution in [1.82, 2.24) is 0 Å². The van der Waals surface area contributed by atoms with Gasteiger partial charge in [0.2, 0.25) is 0 Å². The quantitative estimate of drug-likeness (QED) is 0.239. The Labute approximate surface area is 159 Å². The summed E-state index contributed by atoms with van der Waals surface area (Å²) in [6.07, 6.45) is 14.5. The van der Waals surface area contributed by atoms with E-state index in [2.05, 4.69) is 20.4 Å². The molecular weight excluding hydrogens is 324 g/mol. The number of hydrogen-bond acceptors (Lipinski definition) is 3. The van der Waals surface area contributed by atoms with Gasteiger partial charge in [-0.15, -0.1) is 0 Å². The van der Waals surface area contributed by atoms with Crippen molar-refractivity contribution >= 4 is 12.4 Å². The Morgan fingerprint density at radius 2 is 1.23 bits per heavy atom. The molecule has 146 valence electrons. The molecule has 0 saturated heterocycles. The van der Waals surface area contributed by atoms with E-state index in [1.54, 1.807) is 12.1 Å². The zero-order valence-corrected chi connectivity index (χ0v) is 16.7. The molecule has 26 heavy (non-hydrogen) atoms. The van der Waals surface area contributed by atoms with Gasteiger partial charge in [-0.3, -0.25) is 4.79 Å². The molecular formula is C23H36O3. The van der Waals surface area contributed by atoms with Gasteiger partial charge in [0.1, 0.15) is 11.5 Å². The van der Waals surface area contributed by atoms with Crippen LogP contribution in [0.2, 0.25) is 0 Å². The van der Waals surface area contributed by atoms with Crippen molar-refractivity contribution in [3.05, 3.63) is 29.8 Å². The van der Waals surface area contributed by atoms with Crippen molar-refractivity contribution in [1.29, 1.82) is 0 Å². The summed E-state index contributed by atoms with van der Waals surface area (Å²) < 4.78 is 11.7. The SMILES string of the molecule is C=Cc1cc(OCCCCCCC)c(C=O)cc1OCCCCCCC. The standard InChI is InChI=1S/C23H36O3/c1-4-7-9-11-13-15-25-22-18-21(19-24)23(17-20(22)6-3)26-16-14-12-10-8-5-2/h6,17-19H,3-5,7-16H2,1-2H3. The Morgan fingerprint density at radius 1 is 0.769 bits per heavy atom. The zero-order chi connectivity index (χ0) is 19.0. The van der Waals surface area contributed by atoms with E-state index in [1.165, 1.54) is 44.9 Å². The van der Waals surface area contributed by atoms with Crippen molar-refractivity contribution in [3.63, 3.8) is 0 Å². The molecule has 0 aliphatic carbocycles. The molecule has 0 atom stereocenters. The third-order valence-electron chi connectivity index (χ3n) is 4.50. The second-order valence-corrected chi connectivity index (χ2v) is 6.78. The lowest BCUT2D eigenvalue weighted by molar-refractivity contribution is 0.111. The molecule has 0 aliphatic rings. The van der Waals surface area contributed by atoms with E-state index in [9.17, 15) is 4.79 Å². The Bertz CT molecular complexity index is 475. The van der Waals surface area contributed by atoms with Crippen LogP contribution in [0.1, 0.15) is 94.0 Å². The van der Waals surface area contributed by atoms with Gasteiger partial charge < -0.3 is 9.47 Å². The topological polar surface area (TPSA) is 35.5 Å². The van der Waals surface area contributed by atoms with Gasteiger partial charge in [0, 0.05) is 5.56 Å². The number of ether oxygens (including phenoxy) is 2. The van der Waals surface area contributed by atoms with Crippen LogP contribution in [0.5, 0.6) is 11.5 Å². The minimum atomic E-state index is 0.546. The molecule has 3 nitrogen and oxygen atoms in total. The third-order valence-corrected chi connectivity index (χ3v) is 4.50. The molecule has 0 N–H and O–H groups in total. The maximum atomic E-state index is 11.4. The van der Waals surface area contributed by atoms with Gasteiger partial charge in [-0.25, -0.2) is 0 Å². The molecule has 0 aromatic heterocycles. The molecule has 0 amide bonds. The van der Waals surface area contributed by atoms with Crippen molar-refractivity contribution in [2.75, 3.05) is 13.2 Å². The highest BCUT2D eigenvalue weighted by molar-refractivity contribution is 5.82. The fourth-order valence-electron chi connectivity index (χ4n) is 2.87. The van der Waals surface area contributed by atoms with Gasteiger partial charge in [0.25, 0.3) is 0 Å². The maximum absolute atomic E-state index is 11.4. The summed E-state index contributed by atoms with van der Waals surface area (Å²) in [7, 11) is 0. The van der Waals surface area contributed by atoms with Crippen LogP contribution in [-0.2, 0) is 0 Å². The first-order valence-corrected chi connectivity index (χ1v) is 10.3. The van der Waals surface area contributed by atoms with Crippen LogP contribution >= 0.6 is 0 Å². The van der Waals surface area contributed by atoms with E-state index < -0.39 is 0 Å². The lowest BCUT2D eigenvalue weighted by Gasteiger charge is -2.14. The summed E-state index contributed by atoms with van der Waals surface area (Å²) >= 11 is 0. The van der Waals surface area contributed by atoms with E-state index in [-0.39, 0.29) is 0 Å². The Morgan fingerprint density at radius 3 is 1.69 bits per heavy atom. The molecule has 0 saturated carbocycles. The van der Waals surface area contributed by atoms with Crippen molar-refractivity contribution < 1.29 is 14.3 Å². The Balaban J connectivity index is 2.56. The van der Waals surface area contributed by atoms with Gasteiger partial charge in [-0.2, -0.15) is 0 Å². The predicted octanol–water partition coefficient (Wildman–Crippen LogP) is 6.84. The van der Waals surface area contributed by atoms with Crippen LogP contribution in [-0.4, -0.2) is 19.5 Å². The zero-order valence-electron chi connectivity index (χ0n) is 16.7. The molecule has 0 fully saturated rings. The first kappa shape index (κ1) is 22.3. The lowest BCUT2D eigenvalue weighted by atomic mass is 10.1. The molecule has 1 aromatic rings. The van der Waals surface area contributed by atoms with E-state index in [4.69, 9.17) is 9.47 Å². The Hall–Kier alpha value is -1.77. The van der Waals surface area contributed by atoms with Gasteiger partial charge in [-0.1, -0.05) is 77.9 Å². The normalized spacial score (nSPS) is 10.5. The van der Waals surface area contributed by atoms with Gasteiger partial charge in [0.15, 0.2) is 6.29 Å². The van der Waals surface area contributed by atoms with E-state index in [0.29, 0.717) is 30.3 Å². The van der Waals surface area contributed by atoms with Crippen molar-refractivity contribution in [2.45, 2.75) is 78.1 Å². The van der Waals surface area contributed by atoms with E-state index >= 15 is 0 Å². The largest absolute Gasteiger partial charge is 0.493 e. The van der Waals surface area contributed by atoms with Crippen LogP contribution in [0.4, 0.5) is 0 Å². The minimum Gasteiger partial charge on any atom is -0.493 e. The molecule has 0 unspecified atom stereocenters. The number of carbonyl (C=O) groups excluding carboxylic acids is 1. The van der Waals surface area contributed by atoms with Crippen LogP contribution in [0.25, 0.3) is 6.08 Å². The maximum Gasteiger partial charge on any atom is 0.153 e. The first-order chi connectivity index (χ1) is 12.8. The average Bonchev–Trinajstić information content (AvgIpc) is 2.67. The van der Waals surface area contributed by atoms with Gasteiger partial charge >= 0.3 is 0 Å². The van der Waals surface area contributed by atoms with Crippen LogP contribution in [0.3, 0.4) is 0 Å². The highest BCUT2D eigenvalue weighted by Gasteiger charge is 2.10. The van der Waals surface area contributed by atoms with Crippen molar-refractivity contribution in [3.8, 4) is 11.5 Å². The second-order valence-electron chi connectivity index (χ2n) is 6.78. The fraction of sp³-hybridized carbons (Fsp3) is 0.609. The number of rotatable bonds is 16. The smallest absolute Gasteiger partial charge is 0.153 e. The number of carbonyl (C=O) groups is 1. The number of benzene rings is 1. The molecule has 0 heterocycles. The molecule has 0 spiro atoms. The number of aldehydes is 1. The van der Waals surface area contributed by atoms with Crippen LogP contribution in [0.15, 0.2) is 18.7 Å². The van der Waals surface area contributed by atoms with Crippen molar-refractivity contribution in [2.24, 2.45) is 0 Å². The second kappa shape index (κ2) is 14.4.